The molecule has 0 bridgehead atoms. The molecule has 0 radical (unpaired) electrons. The molecule has 0 aliphatic heterocycles. The van der Waals surface area contributed by atoms with Gasteiger partial charge in [0.05, 0.1) is 0 Å². The third kappa shape index (κ3) is 5.33. The number of hydrogen-bond acceptors (Lipinski definition) is 2. The lowest BCUT2D eigenvalue weighted by atomic mass is 10.3. The first-order valence-electron chi connectivity index (χ1n) is 4.72. The van der Waals surface area contributed by atoms with E-state index < -0.39 is 0 Å². The van der Waals surface area contributed by atoms with Gasteiger partial charge in [-0.1, -0.05) is 6.08 Å². The van der Waals surface area contributed by atoms with Gasteiger partial charge in [-0.2, -0.15) is 0 Å². The van der Waals surface area contributed by atoms with Crippen molar-refractivity contribution in [3.8, 4) is 0 Å². The van der Waals surface area contributed by atoms with E-state index in [1.165, 1.54) is 6.42 Å². The van der Waals surface area contributed by atoms with E-state index >= 15 is 0 Å². The summed E-state index contributed by atoms with van der Waals surface area (Å²) in [6.45, 7) is 11.5. The molecule has 2 heteroatoms. The monoisotopic (exact) mass is 170 g/mol. The maximum atomic E-state index is 3.75. The van der Waals surface area contributed by atoms with Crippen molar-refractivity contribution in [3.05, 3.63) is 12.7 Å². The molecule has 0 saturated carbocycles. The fourth-order valence-electron chi connectivity index (χ4n) is 1.19. The summed E-state index contributed by atoms with van der Waals surface area (Å²) in [5, 5.41) is 3.15. The van der Waals surface area contributed by atoms with Gasteiger partial charge in [-0.25, -0.2) is 0 Å². The molecule has 12 heavy (non-hydrogen) atoms. The second-order valence-corrected chi connectivity index (χ2v) is 3.33. The van der Waals surface area contributed by atoms with E-state index in [1.807, 2.05) is 13.1 Å². The van der Waals surface area contributed by atoms with E-state index in [2.05, 4.69) is 30.6 Å². The average Bonchev–Trinajstić information content (AvgIpc) is 2.03. The molecule has 0 saturated heterocycles. The van der Waals surface area contributed by atoms with Gasteiger partial charge in [0.15, 0.2) is 0 Å². The Morgan fingerprint density at radius 1 is 1.50 bits per heavy atom. The van der Waals surface area contributed by atoms with Crippen molar-refractivity contribution < 1.29 is 0 Å². The molecule has 1 N–H and O–H groups in total. The summed E-state index contributed by atoms with van der Waals surface area (Å²) in [6.07, 6.45) is 3.18. The topological polar surface area (TPSA) is 15.3 Å². The third-order valence-corrected chi connectivity index (χ3v) is 1.97. The van der Waals surface area contributed by atoms with Gasteiger partial charge in [-0.3, -0.25) is 4.90 Å². The molecule has 0 aliphatic carbocycles. The first kappa shape index (κ1) is 11.7. The maximum absolute atomic E-state index is 3.75. The molecule has 0 unspecified atom stereocenters. The zero-order valence-corrected chi connectivity index (χ0v) is 8.64. The highest BCUT2D eigenvalue weighted by Crippen LogP contribution is 1.98. The quantitative estimate of drug-likeness (QED) is 0.460. The fraction of sp³-hybridized carbons (Fsp3) is 0.800. The van der Waals surface area contributed by atoms with Crippen LogP contribution < -0.4 is 5.32 Å². The van der Waals surface area contributed by atoms with Gasteiger partial charge >= 0.3 is 0 Å². The van der Waals surface area contributed by atoms with Gasteiger partial charge in [0.1, 0.15) is 0 Å². The molecule has 72 valence electrons. The minimum Gasteiger partial charge on any atom is -0.320 e. The largest absolute Gasteiger partial charge is 0.320 e. The summed E-state index contributed by atoms with van der Waals surface area (Å²) in [4.78, 5) is 2.42. The number of hydrogen-bond donors (Lipinski definition) is 1. The molecule has 0 aliphatic rings. The molecule has 0 fully saturated rings. The molecule has 0 heterocycles. The third-order valence-electron chi connectivity index (χ3n) is 1.97. The van der Waals surface area contributed by atoms with Crippen LogP contribution in [0.15, 0.2) is 12.7 Å². The van der Waals surface area contributed by atoms with Crippen LogP contribution in [0.25, 0.3) is 0 Å². The minimum absolute atomic E-state index is 0.625. The lowest BCUT2D eigenvalue weighted by Gasteiger charge is -2.24. The highest BCUT2D eigenvalue weighted by molar-refractivity contribution is 4.75. The zero-order valence-electron chi connectivity index (χ0n) is 8.64. The molecule has 0 aromatic heterocycles. The first-order valence-corrected chi connectivity index (χ1v) is 4.72. The Hall–Kier alpha value is -0.340. The van der Waals surface area contributed by atoms with Gasteiger partial charge in [-0.15, -0.1) is 6.58 Å². The number of rotatable bonds is 7. The van der Waals surface area contributed by atoms with Crippen LogP contribution in [0, 0.1) is 0 Å². The van der Waals surface area contributed by atoms with Gasteiger partial charge < -0.3 is 5.32 Å². The Labute approximate surface area is 76.6 Å². The van der Waals surface area contributed by atoms with Gasteiger partial charge in [0.2, 0.25) is 0 Å². The smallest absolute Gasteiger partial charge is 0.0163 e. The van der Waals surface area contributed by atoms with E-state index in [9.17, 15) is 0 Å². The van der Waals surface area contributed by atoms with Crippen LogP contribution in [0.1, 0.15) is 20.3 Å². The van der Waals surface area contributed by atoms with Crippen LogP contribution in [-0.4, -0.2) is 37.6 Å². The number of nitrogens with zero attached hydrogens (tertiary/aromatic N) is 1. The normalized spacial score (nSPS) is 11.1. The Morgan fingerprint density at radius 2 is 2.17 bits per heavy atom. The standard InChI is InChI=1S/C10H22N2/c1-5-8-12(10(2)3)9-6-7-11-4/h5,10-11H,1,6-9H2,2-4H3. The molecule has 0 rings (SSSR count). The second-order valence-electron chi connectivity index (χ2n) is 3.33. The summed E-state index contributed by atoms with van der Waals surface area (Å²) in [5.41, 5.74) is 0. The van der Waals surface area contributed by atoms with Crippen molar-refractivity contribution >= 4 is 0 Å². The Bertz CT molecular complexity index is 110. The van der Waals surface area contributed by atoms with Gasteiger partial charge in [0, 0.05) is 12.6 Å². The number of nitrogens with one attached hydrogen (secondary N) is 1. The fourth-order valence-corrected chi connectivity index (χ4v) is 1.19. The van der Waals surface area contributed by atoms with Crippen molar-refractivity contribution in [2.24, 2.45) is 0 Å². The molecule has 0 aromatic rings. The second kappa shape index (κ2) is 7.32. The van der Waals surface area contributed by atoms with Crippen molar-refractivity contribution in [3.63, 3.8) is 0 Å². The Kier molecular flexibility index (Phi) is 7.11. The lowest BCUT2D eigenvalue weighted by Crippen LogP contribution is -2.33. The summed E-state index contributed by atoms with van der Waals surface area (Å²) < 4.78 is 0. The van der Waals surface area contributed by atoms with Gasteiger partial charge in [-0.05, 0) is 40.4 Å². The van der Waals surface area contributed by atoms with Crippen LogP contribution in [0.5, 0.6) is 0 Å². The van der Waals surface area contributed by atoms with Crippen molar-refractivity contribution in [1.29, 1.82) is 0 Å². The average molecular weight is 170 g/mol. The molecule has 0 amide bonds. The van der Waals surface area contributed by atoms with Crippen LogP contribution in [0.4, 0.5) is 0 Å². The predicted molar refractivity (Wildman–Crippen MR) is 55.4 cm³/mol. The first-order chi connectivity index (χ1) is 5.72. The van der Waals surface area contributed by atoms with E-state index in [4.69, 9.17) is 0 Å². The van der Waals surface area contributed by atoms with Crippen LogP contribution >= 0.6 is 0 Å². The van der Waals surface area contributed by atoms with Crippen LogP contribution in [0.2, 0.25) is 0 Å². The van der Waals surface area contributed by atoms with E-state index in [0.717, 1.165) is 19.6 Å². The SMILES string of the molecule is C=CCN(CCCNC)C(C)C. The zero-order chi connectivity index (χ0) is 9.40. The minimum atomic E-state index is 0.625. The van der Waals surface area contributed by atoms with E-state index in [1.54, 1.807) is 0 Å². The van der Waals surface area contributed by atoms with Gasteiger partial charge in [0.25, 0.3) is 0 Å². The Morgan fingerprint density at radius 3 is 2.58 bits per heavy atom. The summed E-state index contributed by atoms with van der Waals surface area (Å²) >= 11 is 0. The Balaban J connectivity index is 3.55. The van der Waals surface area contributed by atoms with Crippen molar-refractivity contribution in [2.75, 3.05) is 26.7 Å². The van der Waals surface area contributed by atoms with Crippen molar-refractivity contribution in [1.82, 2.24) is 10.2 Å². The maximum Gasteiger partial charge on any atom is 0.0163 e. The predicted octanol–water partition coefficient (Wildman–Crippen LogP) is 1.49. The molecular formula is C10H22N2. The van der Waals surface area contributed by atoms with E-state index in [0.29, 0.717) is 6.04 Å². The summed E-state index contributed by atoms with van der Waals surface area (Å²) in [5.74, 6) is 0. The summed E-state index contributed by atoms with van der Waals surface area (Å²) in [6, 6.07) is 0.625. The molecule has 0 spiro atoms. The highest BCUT2D eigenvalue weighted by Gasteiger charge is 2.05. The summed E-state index contributed by atoms with van der Waals surface area (Å²) in [7, 11) is 1.99. The van der Waals surface area contributed by atoms with E-state index in [-0.39, 0.29) is 0 Å². The van der Waals surface area contributed by atoms with Crippen molar-refractivity contribution in [2.45, 2.75) is 26.3 Å². The van der Waals surface area contributed by atoms with Crippen LogP contribution in [-0.2, 0) is 0 Å². The molecule has 0 aromatic carbocycles. The highest BCUT2D eigenvalue weighted by atomic mass is 15.1. The lowest BCUT2D eigenvalue weighted by molar-refractivity contribution is 0.243. The molecule has 0 atom stereocenters. The molecular weight excluding hydrogens is 148 g/mol. The molecule has 2 nitrogen and oxygen atoms in total. The van der Waals surface area contributed by atoms with Crippen LogP contribution in [0.3, 0.4) is 0 Å².